The molecule has 1 atom stereocenters. The van der Waals surface area contributed by atoms with Gasteiger partial charge < -0.3 is 10.1 Å². The van der Waals surface area contributed by atoms with Crippen LogP contribution < -0.4 is 10.1 Å². The third-order valence-corrected chi connectivity index (χ3v) is 3.19. The van der Waals surface area contributed by atoms with Crippen LogP contribution in [0.5, 0.6) is 5.75 Å². The van der Waals surface area contributed by atoms with E-state index in [4.69, 9.17) is 4.74 Å². The van der Waals surface area contributed by atoms with Gasteiger partial charge in [0.15, 0.2) is 0 Å². The molecule has 0 aliphatic carbocycles. The van der Waals surface area contributed by atoms with E-state index in [1.54, 1.807) is 0 Å². The minimum atomic E-state index is 0.265. The molecule has 96 valence electrons. The summed E-state index contributed by atoms with van der Waals surface area (Å²) in [6.45, 7) is 8.45. The van der Waals surface area contributed by atoms with Crippen LogP contribution in [0.3, 0.4) is 0 Å². The van der Waals surface area contributed by atoms with E-state index < -0.39 is 0 Å². The van der Waals surface area contributed by atoms with E-state index in [0.29, 0.717) is 0 Å². The van der Waals surface area contributed by atoms with Crippen molar-refractivity contribution < 1.29 is 4.74 Å². The Labute approximate surface area is 113 Å². The molecule has 17 heavy (non-hydrogen) atoms. The lowest BCUT2D eigenvalue weighted by Crippen LogP contribution is -2.18. The van der Waals surface area contributed by atoms with Crippen LogP contribution in [0.25, 0.3) is 0 Å². The van der Waals surface area contributed by atoms with Crippen molar-refractivity contribution in [2.24, 2.45) is 0 Å². The second-order valence-electron chi connectivity index (χ2n) is 4.33. The van der Waals surface area contributed by atoms with Gasteiger partial charge in [-0.1, -0.05) is 28.9 Å². The maximum atomic E-state index is 5.95. The van der Waals surface area contributed by atoms with E-state index in [-0.39, 0.29) is 6.10 Å². The van der Waals surface area contributed by atoms with Crippen LogP contribution in [0, 0.1) is 6.92 Å². The van der Waals surface area contributed by atoms with Gasteiger partial charge in [-0.3, -0.25) is 0 Å². The molecule has 1 aromatic carbocycles. The van der Waals surface area contributed by atoms with Gasteiger partial charge in [0, 0.05) is 4.47 Å². The molecule has 0 saturated heterocycles. The zero-order chi connectivity index (χ0) is 12.7. The molecule has 0 heterocycles. The lowest BCUT2D eigenvalue weighted by Gasteiger charge is -2.16. The summed E-state index contributed by atoms with van der Waals surface area (Å²) < 4.78 is 7.02. The van der Waals surface area contributed by atoms with Crippen LogP contribution in [0.15, 0.2) is 22.7 Å². The van der Waals surface area contributed by atoms with Crippen LogP contribution in [-0.4, -0.2) is 19.2 Å². The van der Waals surface area contributed by atoms with Gasteiger partial charge in [0.2, 0.25) is 0 Å². The number of hydrogen-bond acceptors (Lipinski definition) is 2. The zero-order valence-corrected chi connectivity index (χ0v) is 12.5. The minimum Gasteiger partial charge on any atom is -0.490 e. The molecule has 2 nitrogen and oxygen atoms in total. The van der Waals surface area contributed by atoms with Crippen molar-refractivity contribution in [3.63, 3.8) is 0 Å². The van der Waals surface area contributed by atoms with Crippen molar-refractivity contribution in [1.82, 2.24) is 5.32 Å². The van der Waals surface area contributed by atoms with Gasteiger partial charge in [0.25, 0.3) is 0 Å². The molecule has 0 saturated carbocycles. The quantitative estimate of drug-likeness (QED) is 0.771. The highest BCUT2D eigenvalue weighted by atomic mass is 79.9. The summed E-state index contributed by atoms with van der Waals surface area (Å²) >= 11 is 3.47. The second-order valence-corrected chi connectivity index (χ2v) is 5.25. The second kappa shape index (κ2) is 7.72. The fourth-order valence-corrected chi connectivity index (χ4v) is 2.01. The van der Waals surface area contributed by atoms with Crippen LogP contribution >= 0.6 is 15.9 Å². The van der Waals surface area contributed by atoms with Crippen LogP contribution in [-0.2, 0) is 0 Å². The molecular formula is C14H22BrNO. The van der Waals surface area contributed by atoms with Crippen LogP contribution in [0.4, 0.5) is 0 Å². The zero-order valence-electron chi connectivity index (χ0n) is 10.9. The third kappa shape index (κ3) is 5.55. The first kappa shape index (κ1) is 14.5. The summed E-state index contributed by atoms with van der Waals surface area (Å²) in [6.07, 6.45) is 2.50. The molecule has 3 heteroatoms. The number of hydrogen-bond donors (Lipinski definition) is 1. The molecule has 1 N–H and O–H groups in total. The Morgan fingerprint density at radius 3 is 2.88 bits per heavy atom. The number of nitrogens with one attached hydrogen (secondary N) is 1. The van der Waals surface area contributed by atoms with E-state index >= 15 is 0 Å². The summed E-state index contributed by atoms with van der Waals surface area (Å²) in [6, 6.07) is 6.15. The summed E-state index contributed by atoms with van der Waals surface area (Å²) in [5.74, 6) is 0.982. The average Bonchev–Trinajstić information content (AvgIpc) is 2.29. The molecule has 0 spiro atoms. The Hall–Kier alpha value is -0.540. The molecule has 0 amide bonds. The number of rotatable bonds is 7. The van der Waals surface area contributed by atoms with Crippen molar-refractivity contribution in [2.45, 2.75) is 39.7 Å². The normalized spacial score (nSPS) is 12.5. The van der Waals surface area contributed by atoms with E-state index in [2.05, 4.69) is 48.1 Å². The Bertz CT molecular complexity index is 341. The molecule has 0 aliphatic heterocycles. The van der Waals surface area contributed by atoms with Crippen molar-refractivity contribution in [3.05, 3.63) is 28.2 Å². The molecular weight excluding hydrogens is 278 g/mol. The van der Waals surface area contributed by atoms with Crippen LogP contribution in [0.1, 0.15) is 32.3 Å². The molecule has 0 aromatic heterocycles. The lowest BCUT2D eigenvalue weighted by atomic mass is 10.2. The summed E-state index contributed by atoms with van der Waals surface area (Å²) in [4.78, 5) is 0. The molecule has 0 aliphatic rings. The minimum absolute atomic E-state index is 0.265. The van der Waals surface area contributed by atoms with Gasteiger partial charge in [-0.05, 0) is 57.5 Å². The van der Waals surface area contributed by atoms with E-state index in [0.717, 1.165) is 36.2 Å². The fraction of sp³-hybridized carbons (Fsp3) is 0.571. The van der Waals surface area contributed by atoms with Crippen molar-refractivity contribution >= 4 is 15.9 Å². The third-order valence-electron chi connectivity index (χ3n) is 2.69. The predicted molar refractivity (Wildman–Crippen MR) is 76.7 cm³/mol. The smallest absolute Gasteiger partial charge is 0.123 e. The topological polar surface area (TPSA) is 21.3 Å². The number of aryl methyl sites for hydroxylation is 1. The average molecular weight is 300 g/mol. The van der Waals surface area contributed by atoms with Gasteiger partial charge in [0.05, 0.1) is 6.10 Å². The van der Waals surface area contributed by atoms with Crippen molar-refractivity contribution in [3.8, 4) is 5.75 Å². The monoisotopic (exact) mass is 299 g/mol. The first-order chi connectivity index (χ1) is 8.13. The number of halogens is 1. The van der Waals surface area contributed by atoms with E-state index in [9.17, 15) is 0 Å². The highest BCUT2D eigenvalue weighted by Crippen LogP contribution is 2.24. The van der Waals surface area contributed by atoms with Gasteiger partial charge >= 0.3 is 0 Å². The number of benzene rings is 1. The molecule has 1 unspecified atom stereocenters. The van der Waals surface area contributed by atoms with Gasteiger partial charge in [-0.25, -0.2) is 0 Å². The predicted octanol–water partition coefficient (Wildman–Crippen LogP) is 3.91. The summed E-state index contributed by atoms with van der Waals surface area (Å²) in [5.41, 5.74) is 1.19. The van der Waals surface area contributed by atoms with Gasteiger partial charge in [-0.15, -0.1) is 0 Å². The molecule has 0 bridgehead atoms. The standard InChI is InChI=1S/C14H22BrNO/c1-4-16-9-5-6-12(3)17-14-10-13(15)8-7-11(14)2/h7-8,10,12,16H,4-6,9H2,1-3H3. The fourth-order valence-electron chi connectivity index (χ4n) is 1.67. The summed E-state index contributed by atoms with van der Waals surface area (Å²) in [5, 5.41) is 3.32. The number of ether oxygens (including phenoxy) is 1. The highest BCUT2D eigenvalue weighted by molar-refractivity contribution is 9.10. The van der Waals surface area contributed by atoms with Gasteiger partial charge in [-0.2, -0.15) is 0 Å². The molecule has 1 rings (SSSR count). The van der Waals surface area contributed by atoms with E-state index in [1.807, 2.05) is 12.1 Å². The van der Waals surface area contributed by atoms with Gasteiger partial charge in [0.1, 0.15) is 5.75 Å². The first-order valence-corrected chi connectivity index (χ1v) is 7.06. The molecule has 1 aromatic rings. The summed E-state index contributed by atoms with van der Waals surface area (Å²) in [7, 11) is 0. The maximum absolute atomic E-state index is 5.95. The lowest BCUT2D eigenvalue weighted by molar-refractivity contribution is 0.206. The maximum Gasteiger partial charge on any atom is 0.123 e. The largest absolute Gasteiger partial charge is 0.490 e. The molecule has 0 fully saturated rings. The van der Waals surface area contributed by atoms with E-state index in [1.165, 1.54) is 5.56 Å². The first-order valence-electron chi connectivity index (χ1n) is 6.27. The van der Waals surface area contributed by atoms with Crippen molar-refractivity contribution in [2.75, 3.05) is 13.1 Å². The Morgan fingerprint density at radius 1 is 1.41 bits per heavy atom. The Balaban J connectivity index is 2.39. The Kier molecular flexibility index (Phi) is 6.60. The SMILES string of the molecule is CCNCCCC(C)Oc1cc(Br)ccc1C. The highest BCUT2D eigenvalue weighted by Gasteiger charge is 2.06. The molecule has 0 radical (unpaired) electrons. The van der Waals surface area contributed by atoms with Crippen LogP contribution in [0.2, 0.25) is 0 Å². The van der Waals surface area contributed by atoms with Crippen molar-refractivity contribution in [1.29, 1.82) is 0 Å². The Morgan fingerprint density at radius 2 is 2.18 bits per heavy atom.